The molecule has 0 bridgehead atoms. The number of pyridine rings is 1. The number of alkyl halides is 3. The molecule has 0 N–H and O–H groups in total. The van der Waals surface area contributed by atoms with Crippen molar-refractivity contribution in [2.75, 3.05) is 0 Å². The fourth-order valence-corrected chi connectivity index (χ4v) is 1.41. The van der Waals surface area contributed by atoms with Gasteiger partial charge in [-0.1, -0.05) is 0 Å². The van der Waals surface area contributed by atoms with Gasteiger partial charge in [-0.05, 0) is 34.7 Å². The fraction of sp³-hybridized carbons (Fsp3) is 0.250. The van der Waals surface area contributed by atoms with Crippen molar-refractivity contribution in [3.63, 3.8) is 0 Å². The molecule has 76 valence electrons. The van der Waals surface area contributed by atoms with Crippen LogP contribution in [0.5, 0.6) is 0 Å². The smallest absolute Gasteiger partial charge is 0.293 e. The zero-order valence-electron chi connectivity index (χ0n) is 7.02. The largest absolute Gasteiger partial charge is 0.433 e. The van der Waals surface area contributed by atoms with Crippen molar-refractivity contribution >= 4 is 28.4 Å². The molecule has 0 aliphatic rings. The molecule has 0 aromatic carbocycles. The Balaban J connectivity index is 3.28. The predicted molar refractivity (Wildman–Crippen MR) is 52.0 cm³/mol. The van der Waals surface area contributed by atoms with Crippen molar-refractivity contribution in [3.8, 4) is 0 Å². The average molecular weight is 315 g/mol. The van der Waals surface area contributed by atoms with Crippen LogP contribution in [0.2, 0.25) is 0 Å². The minimum atomic E-state index is -4.51. The highest BCUT2D eigenvalue weighted by molar-refractivity contribution is 14.1. The summed E-state index contributed by atoms with van der Waals surface area (Å²) in [5.41, 5.74) is -1.20. The molecule has 1 rings (SSSR count). The van der Waals surface area contributed by atoms with E-state index in [1.807, 2.05) is 0 Å². The Morgan fingerprint density at radius 2 is 2.00 bits per heavy atom. The third-order valence-electron chi connectivity index (χ3n) is 1.44. The van der Waals surface area contributed by atoms with E-state index in [9.17, 15) is 18.0 Å². The second-order valence-corrected chi connectivity index (χ2v) is 3.86. The number of halogens is 4. The monoisotopic (exact) mass is 315 g/mol. The van der Waals surface area contributed by atoms with E-state index >= 15 is 0 Å². The summed E-state index contributed by atoms with van der Waals surface area (Å²) in [5.74, 6) is -0.478. The van der Waals surface area contributed by atoms with Gasteiger partial charge < -0.3 is 0 Å². The first kappa shape index (κ1) is 11.4. The van der Waals surface area contributed by atoms with Crippen LogP contribution in [-0.2, 0) is 6.18 Å². The zero-order valence-corrected chi connectivity index (χ0v) is 9.18. The van der Waals surface area contributed by atoms with Gasteiger partial charge in [0.1, 0.15) is 11.4 Å². The lowest BCUT2D eigenvalue weighted by Gasteiger charge is -2.07. The molecule has 1 aromatic rings. The molecule has 0 saturated carbocycles. The molecular weight excluding hydrogens is 310 g/mol. The van der Waals surface area contributed by atoms with Gasteiger partial charge in [0.15, 0.2) is 5.78 Å². The van der Waals surface area contributed by atoms with Gasteiger partial charge in [0.05, 0.1) is 0 Å². The number of hydrogen-bond donors (Lipinski definition) is 0. The lowest BCUT2D eigenvalue weighted by molar-refractivity contribution is -0.141. The van der Waals surface area contributed by atoms with Crippen LogP contribution in [0.15, 0.2) is 12.1 Å². The SMILES string of the molecule is CC(=O)c1cc(I)cc(C(F)(F)F)n1. The van der Waals surface area contributed by atoms with Crippen LogP contribution in [0.3, 0.4) is 0 Å². The number of ketones is 1. The Morgan fingerprint density at radius 1 is 1.43 bits per heavy atom. The summed E-state index contributed by atoms with van der Waals surface area (Å²) in [7, 11) is 0. The third kappa shape index (κ3) is 2.66. The van der Waals surface area contributed by atoms with Crippen molar-refractivity contribution in [2.24, 2.45) is 0 Å². The van der Waals surface area contributed by atoms with Crippen LogP contribution in [0.25, 0.3) is 0 Å². The molecule has 0 fully saturated rings. The minimum Gasteiger partial charge on any atom is -0.293 e. The highest BCUT2D eigenvalue weighted by Gasteiger charge is 2.33. The number of rotatable bonds is 1. The van der Waals surface area contributed by atoms with Crippen molar-refractivity contribution in [1.82, 2.24) is 4.98 Å². The standard InChI is InChI=1S/C8H5F3INO/c1-4(14)6-2-5(12)3-7(13-6)8(9,10)11/h2-3H,1H3. The van der Waals surface area contributed by atoms with Crippen LogP contribution < -0.4 is 0 Å². The Hall–Kier alpha value is -0.660. The summed E-state index contributed by atoms with van der Waals surface area (Å²) in [5, 5.41) is 0. The number of aromatic nitrogens is 1. The molecule has 6 heteroatoms. The van der Waals surface area contributed by atoms with E-state index in [-0.39, 0.29) is 5.69 Å². The maximum Gasteiger partial charge on any atom is 0.433 e. The number of carbonyl (C=O) groups excluding carboxylic acids is 1. The lowest BCUT2D eigenvalue weighted by Crippen LogP contribution is -2.11. The molecule has 2 nitrogen and oxygen atoms in total. The molecule has 0 radical (unpaired) electrons. The van der Waals surface area contributed by atoms with Crippen molar-refractivity contribution in [3.05, 3.63) is 27.1 Å². The number of nitrogens with zero attached hydrogens (tertiary/aromatic N) is 1. The number of carbonyl (C=O) groups is 1. The van der Waals surface area contributed by atoms with Crippen molar-refractivity contribution in [2.45, 2.75) is 13.1 Å². The molecule has 0 saturated heterocycles. The van der Waals surface area contributed by atoms with E-state index < -0.39 is 17.7 Å². The molecule has 0 amide bonds. The summed E-state index contributed by atoms with van der Waals surface area (Å²) >= 11 is 1.71. The van der Waals surface area contributed by atoms with E-state index in [1.54, 1.807) is 22.6 Å². The van der Waals surface area contributed by atoms with Crippen LogP contribution in [0.4, 0.5) is 13.2 Å². The van der Waals surface area contributed by atoms with Gasteiger partial charge in [0.25, 0.3) is 0 Å². The lowest BCUT2D eigenvalue weighted by atomic mass is 10.2. The highest BCUT2D eigenvalue weighted by Crippen LogP contribution is 2.28. The first-order chi connectivity index (χ1) is 6.30. The van der Waals surface area contributed by atoms with E-state index in [4.69, 9.17) is 0 Å². The molecule has 14 heavy (non-hydrogen) atoms. The van der Waals surface area contributed by atoms with Gasteiger partial charge in [-0.25, -0.2) is 4.98 Å². The normalized spacial score (nSPS) is 11.5. The topological polar surface area (TPSA) is 30.0 Å². The van der Waals surface area contributed by atoms with Crippen LogP contribution >= 0.6 is 22.6 Å². The Bertz CT molecular complexity index is 375. The Labute approximate surface area is 91.7 Å². The fourth-order valence-electron chi connectivity index (χ4n) is 0.823. The van der Waals surface area contributed by atoms with Crippen molar-refractivity contribution < 1.29 is 18.0 Å². The van der Waals surface area contributed by atoms with E-state index in [1.165, 1.54) is 13.0 Å². The molecule has 0 spiro atoms. The van der Waals surface area contributed by atoms with Gasteiger partial charge in [-0.2, -0.15) is 13.2 Å². The van der Waals surface area contributed by atoms with Gasteiger partial charge in [0, 0.05) is 10.5 Å². The van der Waals surface area contributed by atoms with Crippen LogP contribution in [-0.4, -0.2) is 10.8 Å². The molecular formula is C8H5F3INO. The summed E-state index contributed by atoms with van der Waals surface area (Å²) in [6.45, 7) is 1.18. The molecule has 0 aliphatic carbocycles. The first-order valence-electron chi connectivity index (χ1n) is 3.56. The zero-order chi connectivity index (χ0) is 10.9. The van der Waals surface area contributed by atoms with E-state index in [2.05, 4.69) is 4.98 Å². The summed E-state index contributed by atoms with van der Waals surface area (Å²) < 4.78 is 37.0. The first-order valence-corrected chi connectivity index (χ1v) is 4.64. The van der Waals surface area contributed by atoms with E-state index in [0.717, 1.165) is 6.07 Å². The summed E-state index contributed by atoms with van der Waals surface area (Å²) in [4.78, 5) is 14.1. The third-order valence-corrected chi connectivity index (χ3v) is 2.06. The Kier molecular flexibility index (Phi) is 3.13. The molecule has 1 heterocycles. The number of Topliss-reactive ketones (excluding diaryl/α,β-unsaturated/α-hetero) is 1. The maximum atomic E-state index is 12.2. The predicted octanol–water partition coefficient (Wildman–Crippen LogP) is 2.91. The molecule has 0 atom stereocenters. The van der Waals surface area contributed by atoms with Crippen LogP contribution in [0, 0.1) is 3.57 Å². The quantitative estimate of drug-likeness (QED) is 0.589. The average Bonchev–Trinajstić information content (AvgIpc) is 2.01. The van der Waals surface area contributed by atoms with Gasteiger partial charge in [-0.15, -0.1) is 0 Å². The summed E-state index contributed by atoms with van der Waals surface area (Å²) in [6, 6.07) is 2.21. The van der Waals surface area contributed by atoms with Gasteiger partial charge in [0.2, 0.25) is 0 Å². The second-order valence-electron chi connectivity index (χ2n) is 2.61. The minimum absolute atomic E-state index is 0.163. The highest BCUT2D eigenvalue weighted by atomic mass is 127. The maximum absolute atomic E-state index is 12.2. The molecule has 0 unspecified atom stereocenters. The Morgan fingerprint density at radius 3 is 2.43 bits per heavy atom. The molecule has 1 aromatic heterocycles. The summed E-state index contributed by atoms with van der Waals surface area (Å²) in [6.07, 6.45) is -4.51. The van der Waals surface area contributed by atoms with Crippen molar-refractivity contribution in [1.29, 1.82) is 0 Å². The second kappa shape index (κ2) is 3.84. The van der Waals surface area contributed by atoms with Gasteiger partial charge >= 0.3 is 6.18 Å². The number of hydrogen-bond acceptors (Lipinski definition) is 2. The van der Waals surface area contributed by atoms with E-state index in [0.29, 0.717) is 3.57 Å². The van der Waals surface area contributed by atoms with Crippen LogP contribution in [0.1, 0.15) is 23.1 Å². The molecule has 0 aliphatic heterocycles. The van der Waals surface area contributed by atoms with Gasteiger partial charge in [-0.3, -0.25) is 4.79 Å².